The molecule has 0 fully saturated rings. The largest absolute Gasteiger partial charge is 0.390 e. The third-order valence-corrected chi connectivity index (χ3v) is 2.60. The van der Waals surface area contributed by atoms with Gasteiger partial charge in [0.1, 0.15) is 12.4 Å². The lowest BCUT2D eigenvalue weighted by atomic mass is 10.2. The summed E-state index contributed by atoms with van der Waals surface area (Å²) in [6.45, 7) is -2.37. The lowest BCUT2D eigenvalue weighted by molar-refractivity contribution is -0.0462. The molecule has 0 atom stereocenters. The molecule has 7 heteroatoms. The van der Waals surface area contributed by atoms with Crippen LogP contribution in [0.2, 0.25) is 0 Å². The summed E-state index contributed by atoms with van der Waals surface area (Å²) in [6.07, 6.45) is 0. The van der Waals surface area contributed by atoms with E-state index in [1.807, 2.05) is 5.32 Å². The molecule has 0 aliphatic rings. The van der Waals surface area contributed by atoms with E-state index in [-0.39, 0.29) is 5.56 Å². The maximum atomic E-state index is 12.9. The average Bonchev–Trinajstić information content (AvgIpc) is 2.29. The molecule has 0 saturated carbocycles. The topological polar surface area (TPSA) is 49.3 Å². The molecule has 0 aliphatic carbocycles. The van der Waals surface area contributed by atoms with Crippen molar-refractivity contribution in [3.05, 3.63) is 34.1 Å². The monoisotopic (exact) mass is 311 g/mol. The van der Waals surface area contributed by atoms with Crippen molar-refractivity contribution in [2.75, 3.05) is 13.2 Å². The highest BCUT2D eigenvalue weighted by Gasteiger charge is 2.28. The first-order valence-corrected chi connectivity index (χ1v) is 5.37. The minimum Gasteiger partial charge on any atom is -0.390 e. The van der Waals surface area contributed by atoms with Crippen molar-refractivity contribution >= 4 is 21.8 Å². The van der Waals surface area contributed by atoms with Gasteiger partial charge in [-0.05, 0) is 34.1 Å². The number of aliphatic hydroxyl groups is 1. The molecule has 94 valence electrons. The van der Waals surface area contributed by atoms with Gasteiger partial charge in [0.2, 0.25) is 0 Å². The minimum absolute atomic E-state index is 0.0845. The van der Waals surface area contributed by atoms with Crippen LogP contribution < -0.4 is 5.32 Å². The van der Waals surface area contributed by atoms with E-state index < -0.39 is 30.8 Å². The number of carbonyl (C=O) groups excluding carboxylic acids is 1. The zero-order chi connectivity index (χ0) is 13.1. The zero-order valence-electron chi connectivity index (χ0n) is 8.51. The van der Waals surface area contributed by atoms with Crippen LogP contribution in [0.25, 0.3) is 0 Å². The molecule has 2 N–H and O–H groups in total. The standard InChI is InChI=1S/C10H9BrF3NO2/c11-8-2-1-6(12)3-7(8)9(17)15-4-10(13,14)5-16/h1-3,16H,4-5H2,(H,15,17). The number of hydrogen-bond donors (Lipinski definition) is 2. The summed E-state index contributed by atoms with van der Waals surface area (Å²) >= 11 is 3.00. The molecule has 3 nitrogen and oxygen atoms in total. The Hall–Kier alpha value is -1.08. The van der Waals surface area contributed by atoms with E-state index >= 15 is 0 Å². The summed E-state index contributed by atoms with van der Waals surface area (Å²) in [5, 5.41) is 10.2. The zero-order valence-corrected chi connectivity index (χ0v) is 10.1. The molecule has 0 spiro atoms. The van der Waals surface area contributed by atoms with Gasteiger partial charge >= 0.3 is 0 Å². The highest BCUT2D eigenvalue weighted by Crippen LogP contribution is 2.18. The molecule has 0 bridgehead atoms. The van der Waals surface area contributed by atoms with Crippen LogP contribution in [0.1, 0.15) is 10.4 Å². The second kappa shape index (κ2) is 5.50. The van der Waals surface area contributed by atoms with Gasteiger partial charge in [-0.25, -0.2) is 13.2 Å². The van der Waals surface area contributed by atoms with Crippen LogP contribution in [0, 0.1) is 5.82 Å². The fourth-order valence-corrected chi connectivity index (χ4v) is 1.46. The molecular weight excluding hydrogens is 303 g/mol. The average molecular weight is 312 g/mol. The van der Waals surface area contributed by atoms with E-state index in [1.54, 1.807) is 0 Å². The van der Waals surface area contributed by atoms with E-state index in [0.717, 1.165) is 12.1 Å². The predicted molar refractivity (Wildman–Crippen MR) is 58.5 cm³/mol. The third-order valence-electron chi connectivity index (χ3n) is 1.91. The number of amides is 1. The first-order valence-electron chi connectivity index (χ1n) is 4.57. The first kappa shape index (κ1) is 14.0. The Bertz CT molecular complexity index is 426. The number of halogens is 4. The number of hydrogen-bond acceptors (Lipinski definition) is 2. The van der Waals surface area contributed by atoms with Crippen LogP contribution >= 0.6 is 15.9 Å². The van der Waals surface area contributed by atoms with Crippen molar-refractivity contribution < 1.29 is 23.1 Å². The Morgan fingerprint density at radius 3 is 2.71 bits per heavy atom. The maximum absolute atomic E-state index is 12.9. The summed E-state index contributed by atoms with van der Waals surface area (Å²) in [5.74, 6) is -4.88. The van der Waals surface area contributed by atoms with Crippen molar-refractivity contribution in [3.8, 4) is 0 Å². The Morgan fingerprint density at radius 2 is 2.12 bits per heavy atom. The minimum atomic E-state index is -3.39. The fourth-order valence-electron chi connectivity index (χ4n) is 1.03. The van der Waals surface area contributed by atoms with E-state index in [0.29, 0.717) is 4.47 Å². The van der Waals surface area contributed by atoms with Gasteiger partial charge in [0.25, 0.3) is 11.8 Å². The number of nitrogens with one attached hydrogen (secondary N) is 1. The SMILES string of the molecule is O=C(NCC(F)(F)CO)c1cc(F)ccc1Br. The molecule has 1 amide bonds. The predicted octanol–water partition coefficient (Wildman–Crippen LogP) is 1.95. The quantitative estimate of drug-likeness (QED) is 0.893. The number of alkyl halides is 2. The number of aliphatic hydroxyl groups excluding tert-OH is 1. The van der Waals surface area contributed by atoms with E-state index in [4.69, 9.17) is 5.11 Å². The molecule has 0 heterocycles. The van der Waals surface area contributed by atoms with Crippen LogP contribution in [0.4, 0.5) is 13.2 Å². The lowest BCUT2D eigenvalue weighted by Gasteiger charge is -2.14. The van der Waals surface area contributed by atoms with Gasteiger partial charge in [-0.2, -0.15) is 0 Å². The molecule has 0 radical (unpaired) electrons. The highest BCUT2D eigenvalue weighted by molar-refractivity contribution is 9.10. The van der Waals surface area contributed by atoms with Crippen LogP contribution in [-0.2, 0) is 0 Å². The molecule has 1 aromatic rings. The summed E-state index contributed by atoms with van der Waals surface area (Å²) < 4.78 is 38.5. The summed E-state index contributed by atoms with van der Waals surface area (Å²) in [6, 6.07) is 3.36. The summed E-state index contributed by atoms with van der Waals surface area (Å²) in [4.78, 5) is 11.5. The Balaban J connectivity index is 2.74. The van der Waals surface area contributed by atoms with Gasteiger partial charge in [-0.3, -0.25) is 4.79 Å². The number of carbonyl (C=O) groups is 1. The molecule has 0 unspecified atom stereocenters. The van der Waals surface area contributed by atoms with Gasteiger partial charge in [0.15, 0.2) is 0 Å². The first-order chi connectivity index (χ1) is 7.85. The molecular formula is C10H9BrF3NO2. The lowest BCUT2D eigenvalue weighted by Crippen LogP contribution is -2.39. The van der Waals surface area contributed by atoms with Crippen molar-refractivity contribution in [1.82, 2.24) is 5.32 Å². The molecule has 17 heavy (non-hydrogen) atoms. The highest BCUT2D eigenvalue weighted by atomic mass is 79.9. The number of rotatable bonds is 4. The second-order valence-electron chi connectivity index (χ2n) is 3.32. The fraction of sp³-hybridized carbons (Fsp3) is 0.300. The Labute approximate surface area is 104 Å². The van der Waals surface area contributed by atoms with Gasteiger partial charge < -0.3 is 10.4 Å². The summed E-state index contributed by atoms with van der Waals surface area (Å²) in [7, 11) is 0. The number of benzene rings is 1. The van der Waals surface area contributed by atoms with Crippen molar-refractivity contribution in [1.29, 1.82) is 0 Å². The molecule has 1 rings (SSSR count). The Kier molecular flexibility index (Phi) is 4.53. The normalized spacial score (nSPS) is 11.4. The van der Waals surface area contributed by atoms with Crippen LogP contribution in [-0.4, -0.2) is 30.1 Å². The van der Waals surface area contributed by atoms with Gasteiger partial charge in [-0.15, -0.1) is 0 Å². The molecule has 1 aromatic carbocycles. The van der Waals surface area contributed by atoms with E-state index in [2.05, 4.69) is 15.9 Å². The van der Waals surface area contributed by atoms with Gasteiger partial charge in [0, 0.05) is 4.47 Å². The van der Waals surface area contributed by atoms with Crippen LogP contribution in [0.5, 0.6) is 0 Å². The molecule has 0 saturated heterocycles. The van der Waals surface area contributed by atoms with Gasteiger partial charge in [-0.1, -0.05) is 0 Å². The van der Waals surface area contributed by atoms with Crippen molar-refractivity contribution in [2.24, 2.45) is 0 Å². The second-order valence-corrected chi connectivity index (χ2v) is 4.18. The smallest absolute Gasteiger partial charge is 0.287 e. The van der Waals surface area contributed by atoms with E-state index in [9.17, 15) is 18.0 Å². The third kappa shape index (κ3) is 4.01. The Morgan fingerprint density at radius 1 is 1.47 bits per heavy atom. The van der Waals surface area contributed by atoms with Crippen LogP contribution in [0.15, 0.2) is 22.7 Å². The van der Waals surface area contributed by atoms with Crippen molar-refractivity contribution in [2.45, 2.75) is 5.92 Å². The maximum Gasteiger partial charge on any atom is 0.287 e. The van der Waals surface area contributed by atoms with Crippen molar-refractivity contribution in [3.63, 3.8) is 0 Å². The molecule has 0 aliphatic heterocycles. The van der Waals surface area contributed by atoms with Gasteiger partial charge in [0.05, 0.1) is 12.1 Å². The van der Waals surface area contributed by atoms with Crippen LogP contribution in [0.3, 0.4) is 0 Å². The summed E-state index contributed by atoms with van der Waals surface area (Å²) in [5.41, 5.74) is -0.0845. The molecule has 0 aromatic heterocycles. The van der Waals surface area contributed by atoms with E-state index in [1.165, 1.54) is 6.07 Å².